The first-order valence-electron chi connectivity index (χ1n) is 6.45. The van der Waals surface area contributed by atoms with Gasteiger partial charge in [-0.3, -0.25) is 0 Å². The van der Waals surface area contributed by atoms with E-state index in [1.54, 1.807) is 0 Å². The Balaban J connectivity index is 0.000000861. The minimum Gasteiger partial charge on any atom is -0.459 e. The topological polar surface area (TPSA) is 55.2 Å². The van der Waals surface area contributed by atoms with Gasteiger partial charge in [0, 0.05) is 6.07 Å². The number of rotatable bonds is 3. The smallest absolute Gasteiger partial charge is 0.355 e. The minimum absolute atomic E-state index is 0.189. The van der Waals surface area contributed by atoms with Crippen LogP contribution >= 0.6 is 0 Å². The molecule has 106 valence electrons. The van der Waals surface area contributed by atoms with Crippen LogP contribution in [0, 0.1) is 11.7 Å². The van der Waals surface area contributed by atoms with Crippen LogP contribution in [0.4, 0.5) is 4.39 Å². The number of hydrogen-bond acceptors (Lipinski definition) is 3. The maximum Gasteiger partial charge on any atom is 0.355 e. The summed E-state index contributed by atoms with van der Waals surface area (Å²) in [6.07, 6.45) is 0.800. The summed E-state index contributed by atoms with van der Waals surface area (Å²) in [5.41, 5.74) is 0.701. The number of furan rings is 1. The highest BCUT2D eigenvalue weighted by atomic mass is 19.1. The molecule has 0 aliphatic rings. The molecule has 2 aromatic rings. The van der Waals surface area contributed by atoms with Crippen LogP contribution < -0.4 is 0 Å². The van der Waals surface area contributed by atoms with Crippen LogP contribution in [0.1, 0.15) is 45.1 Å². The molecule has 5 heteroatoms. The number of carbonyl (C=O) groups excluding carboxylic acids is 1. The lowest BCUT2D eigenvalue weighted by Gasteiger charge is -2.15. The molecular weight excluding hydrogens is 249 g/mol. The van der Waals surface area contributed by atoms with E-state index in [-0.39, 0.29) is 23.2 Å². The van der Waals surface area contributed by atoms with Gasteiger partial charge in [-0.15, -0.1) is 0 Å². The molecule has 19 heavy (non-hydrogen) atoms. The van der Waals surface area contributed by atoms with Crippen molar-refractivity contribution in [2.24, 2.45) is 5.92 Å². The number of nitrogens with one attached hydrogen (secondary N) is 1. The summed E-state index contributed by atoms with van der Waals surface area (Å²) in [6.45, 7) is 9.73. The molecule has 0 amide bonds. The van der Waals surface area contributed by atoms with Crippen molar-refractivity contribution in [3.63, 3.8) is 0 Å². The van der Waals surface area contributed by atoms with Crippen LogP contribution in [0.5, 0.6) is 0 Å². The molecule has 1 atom stereocenters. The number of halogens is 1. The van der Waals surface area contributed by atoms with E-state index >= 15 is 0 Å². The third-order valence-electron chi connectivity index (χ3n) is 2.76. The van der Waals surface area contributed by atoms with Crippen molar-refractivity contribution in [2.75, 3.05) is 0 Å². The fourth-order valence-corrected chi connectivity index (χ4v) is 1.36. The van der Waals surface area contributed by atoms with Crippen molar-refractivity contribution in [1.29, 1.82) is 0 Å². The van der Waals surface area contributed by atoms with Gasteiger partial charge in [0.1, 0.15) is 23.6 Å². The largest absolute Gasteiger partial charge is 0.459 e. The molecule has 0 saturated heterocycles. The van der Waals surface area contributed by atoms with Crippen molar-refractivity contribution in [3.05, 3.63) is 23.8 Å². The number of carbonyl (C=O) groups is 1. The minimum atomic E-state index is -0.518. The fourth-order valence-electron chi connectivity index (χ4n) is 1.36. The van der Waals surface area contributed by atoms with Crippen LogP contribution in [0.3, 0.4) is 0 Å². The summed E-state index contributed by atoms with van der Waals surface area (Å²) in [7, 11) is 0. The Morgan fingerprint density at radius 3 is 2.53 bits per heavy atom. The van der Waals surface area contributed by atoms with E-state index in [0.717, 1.165) is 6.26 Å². The summed E-state index contributed by atoms with van der Waals surface area (Å²) < 4.78 is 23.3. The lowest BCUT2D eigenvalue weighted by Crippen LogP contribution is -2.20. The van der Waals surface area contributed by atoms with E-state index < -0.39 is 11.8 Å². The number of esters is 1. The SMILES string of the molecule is CC.CC(C)C(C)OC(=O)c1cc2occ(F)c2[nH]1. The number of aromatic nitrogens is 1. The third kappa shape index (κ3) is 3.36. The van der Waals surface area contributed by atoms with Gasteiger partial charge < -0.3 is 14.1 Å². The van der Waals surface area contributed by atoms with Crippen molar-refractivity contribution in [3.8, 4) is 0 Å². The first-order valence-corrected chi connectivity index (χ1v) is 6.45. The van der Waals surface area contributed by atoms with Gasteiger partial charge in [0.05, 0.1) is 0 Å². The van der Waals surface area contributed by atoms with E-state index in [4.69, 9.17) is 9.15 Å². The van der Waals surface area contributed by atoms with Crippen molar-refractivity contribution in [1.82, 2.24) is 4.98 Å². The Kier molecular flexibility index (Phi) is 5.15. The molecule has 0 aliphatic carbocycles. The highest BCUT2D eigenvalue weighted by Gasteiger charge is 2.19. The summed E-state index contributed by atoms with van der Waals surface area (Å²) >= 11 is 0. The maximum absolute atomic E-state index is 13.1. The highest BCUT2D eigenvalue weighted by Crippen LogP contribution is 2.21. The van der Waals surface area contributed by atoms with Gasteiger partial charge in [-0.2, -0.15) is 0 Å². The molecule has 2 rings (SSSR count). The van der Waals surface area contributed by atoms with Gasteiger partial charge in [0.25, 0.3) is 0 Å². The zero-order valence-electron chi connectivity index (χ0n) is 11.9. The quantitative estimate of drug-likeness (QED) is 0.852. The molecule has 2 aromatic heterocycles. The first-order chi connectivity index (χ1) is 8.99. The van der Waals surface area contributed by atoms with Gasteiger partial charge in [0.15, 0.2) is 11.4 Å². The van der Waals surface area contributed by atoms with Gasteiger partial charge in [-0.05, 0) is 12.8 Å². The average molecular weight is 269 g/mol. The molecule has 2 heterocycles. The maximum atomic E-state index is 13.1. The summed E-state index contributed by atoms with van der Waals surface area (Å²) in [5.74, 6) is -0.790. The Bertz CT molecular complexity index is 542. The predicted molar refractivity (Wildman–Crippen MR) is 71.6 cm³/mol. The molecule has 0 bridgehead atoms. The molecule has 0 fully saturated rings. The molecule has 0 spiro atoms. The Morgan fingerprint density at radius 2 is 2.00 bits per heavy atom. The number of fused-ring (bicyclic) bond motifs is 1. The monoisotopic (exact) mass is 269 g/mol. The molecule has 0 aliphatic heterocycles. The van der Waals surface area contributed by atoms with E-state index in [1.165, 1.54) is 6.07 Å². The van der Waals surface area contributed by atoms with Gasteiger partial charge in [0.2, 0.25) is 0 Å². The average Bonchev–Trinajstić information content (AvgIpc) is 2.94. The van der Waals surface area contributed by atoms with Crippen LogP contribution in [-0.2, 0) is 4.74 Å². The summed E-state index contributed by atoms with van der Waals surface area (Å²) in [6, 6.07) is 1.44. The fraction of sp³-hybridized carbons (Fsp3) is 0.500. The molecule has 0 saturated carbocycles. The van der Waals surface area contributed by atoms with Crippen molar-refractivity contribution in [2.45, 2.75) is 40.7 Å². The molecule has 0 radical (unpaired) electrons. The van der Waals surface area contributed by atoms with Crippen molar-refractivity contribution < 1.29 is 18.3 Å². The molecule has 1 N–H and O–H groups in total. The number of H-pyrrole nitrogens is 1. The van der Waals surface area contributed by atoms with Gasteiger partial charge in [-0.25, -0.2) is 9.18 Å². The Hall–Kier alpha value is -1.78. The zero-order valence-corrected chi connectivity index (χ0v) is 11.9. The second-order valence-corrected chi connectivity index (χ2v) is 4.36. The number of aromatic amines is 1. The van der Waals surface area contributed by atoms with Gasteiger partial charge >= 0.3 is 5.97 Å². The van der Waals surface area contributed by atoms with E-state index in [2.05, 4.69) is 4.98 Å². The summed E-state index contributed by atoms with van der Waals surface area (Å²) in [5, 5.41) is 0. The Morgan fingerprint density at radius 1 is 1.37 bits per heavy atom. The zero-order chi connectivity index (χ0) is 14.6. The molecular formula is C14H20FNO3. The second kappa shape index (κ2) is 6.41. The van der Waals surface area contributed by atoms with Crippen LogP contribution in [0.15, 0.2) is 16.7 Å². The summed E-state index contributed by atoms with van der Waals surface area (Å²) in [4.78, 5) is 14.4. The molecule has 1 unspecified atom stereocenters. The number of ether oxygens (including phenoxy) is 1. The van der Waals surface area contributed by atoms with Gasteiger partial charge in [-0.1, -0.05) is 27.7 Å². The lowest BCUT2D eigenvalue weighted by molar-refractivity contribution is 0.0232. The van der Waals surface area contributed by atoms with E-state index in [0.29, 0.717) is 5.58 Å². The van der Waals surface area contributed by atoms with Crippen LogP contribution in [-0.4, -0.2) is 17.1 Å². The second-order valence-electron chi connectivity index (χ2n) is 4.36. The number of hydrogen-bond donors (Lipinski definition) is 1. The normalized spacial score (nSPS) is 12.2. The highest BCUT2D eigenvalue weighted by molar-refractivity contribution is 5.93. The van der Waals surface area contributed by atoms with E-state index in [9.17, 15) is 9.18 Å². The third-order valence-corrected chi connectivity index (χ3v) is 2.76. The predicted octanol–water partition coefficient (Wildman–Crippen LogP) is 4.13. The van der Waals surface area contributed by atoms with Crippen molar-refractivity contribution >= 4 is 17.1 Å². The van der Waals surface area contributed by atoms with Crippen LogP contribution in [0.25, 0.3) is 11.1 Å². The first kappa shape index (κ1) is 15.3. The Labute approximate surface area is 111 Å². The van der Waals surface area contributed by atoms with Crippen LogP contribution in [0.2, 0.25) is 0 Å². The molecule has 0 aromatic carbocycles. The molecule has 4 nitrogen and oxygen atoms in total. The standard InChI is InChI=1S/C12H14FNO3.C2H6/c1-6(2)7(3)17-12(15)9-4-10-11(14-9)8(13)5-16-10;1-2/h4-7,14H,1-3H3;1-2H3. The van der Waals surface area contributed by atoms with E-state index in [1.807, 2.05) is 34.6 Å². The lowest BCUT2D eigenvalue weighted by atomic mass is 10.1.